The van der Waals surface area contributed by atoms with E-state index in [4.69, 9.17) is 9.84 Å². The topological polar surface area (TPSA) is 32.7 Å². The average Bonchev–Trinajstić information content (AvgIpc) is 2.30. The normalized spacial score (nSPS) is 12.9. The molecule has 1 rings (SSSR count). The molecule has 0 aliphatic carbocycles. The molecule has 0 bridgehead atoms. The smallest absolute Gasteiger partial charge is 0.119 e. The first kappa shape index (κ1) is 13.5. The summed E-state index contributed by atoms with van der Waals surface area (Å²) in [5.41, 5.74) is 1.15. The number of benzene rings is 1. The van der Waals surface area contributed by atoms with Crippen LogP contribution in [-0.2, 0) is 6.54 Å². The van der Waals surface area contributed by atoms with E-state index in [1.807, 2.05) is 32.2 Å². The van der Waals surface area contributed by atoms with Gasteiger partial charge < -0.3 is 9.84 Å². The number of likely N-dealkylation sites (N-methyl/N-ethyl adjacent to an activating group) is 1. The molecule has 0 aromatic heterocycles. The van der Waals surface area contributed by atoms with Crippen LogP contribution in [0.4, 0.5) is 0 Å². The van der Waals surface area contributed by atoms with E-state index in [2.05, 4.69) is 20.8 Å². The highest BCUT2D eigenvalue weighted by molar-refractivity contribution is 9.10. The molecule has 0 heterocycles. The van der Waals surface area contributed by atoms with Gasteiger partial charge in [0.2, 0.25) is 0 Å². The standard InChI is InChI=1S/C12H18BrNO2/c1-9(8-15)14(2)7-10-6-11(16-3)4-5-12(10)13/h4-6,9,15H,7-8H2,1-3H3. The maximum absolute atomic E-state index is 9.08. The zero-order valence-corrected chi connectivity index (χ0v) is 11.5. The van der Waals surface area contributed by atoms with Crippen molar-refractivity contribution >= 4 is 15.9 Å². The Morgan fingerprint density at radius 3 is 2.75 bits per heavy atom. The van der Waals surface area contributed by atoms with Crippen molar-refractivity contribution in [3.8, 4) is 5.75 Å². The number of hydrogen-bond acceptors (Lipinski definition) is 3. The van der Waals surface area contributed by atoms with E-state index in [0.29, 0.717) is 0 Å². The molecule has 0 radical (unpaired) electrons. The summed E-state index contributed by atoms with van der Waals surface area (Å²) in [5, 5.41) is 9.08. The van der Waals surface area contributed by atoms with Gasteiger partial charge in [-0.15, -0.1) is 0 Å². The van der Waals surface area contributed by atoms with Gasteiger partial charge in [-0.2, -0.15) is 0 Å². The van der Waals surface area contributed by atoms with Gasteiger partial charge >= 0.3 is 0 Å². The Bertz CT molecular complexity index is 344. The number of hydrogen-bond donors (Lipinski definition) is 1. The summed E-state index contributed by atoms with van der Waals surface area (Å²) < 4.78 is 6.25. The van der Waals surface area contributed by atoms with E-state index >= 15 is 0 Å². The van der Waals surface area contributed by atoms with Crippen molar-refractivity contribution in [2.75, 3.05) is 20.8 Å². The summed E-state index contributed by atoms with van der Waals surface area (Å²) in [4.78, 5) is 2.10. The Kier molecular flexibility index (Phi) is 5.25. The lowest BCUT2D eigenvalue weighted by Crippen LogP contribution is -2.31. The van der Waals surface area contributed by atoms with E-state index in [1.54, 1.807) is 7.11 Å². The second-order valence-electron chi connectivity index (χ2n) is 3.90. The van der Waals surface area contributed by atoms with Crippen LogP contribution in [0.1, 0.15) is 12.5 Å². The van der Waals surface area contributed by atoms with Crippen LogP contribution in [0.3, 0.4) is 0 Å². The molecule has 0 fully saturated rings. The zero-order chi connectivity index (χ0) is 12.1. The van der Waals surface area contributed by atoms with Crippen LogP contribution in [0.2, 0.25) is 0 Å². The minimum atomic E-state index is 0.151. The predicted octanol–water partition coefficient (Wildman–Crippen LogP) is 2.27. The Hall–Kier alpha value is -0.580. The Morgan fingerprint density at radius 1 is 1.50 bits per heavy atom. The average molecular weight is 288 g/mol. The lowest BCUT2D eigenvalue weighted by atomic mass is 10.2. The molecule has 90 valence electrons. The van der Waals surface area contributed by atoms with Crippen molar-refractivity contribution in [2.24, 2.45) is 0 Å². The first-order valence-corrected chi connectivity index (χ1v) is 6.01. The number of aliphatic hydroxyl groups is 1. The van der Waals surface area contributed by atoms with Gasteiger partial charge in [0.05, 0.1) is 13.7 Å². The molecule has 1 aromatic carbocycles. The highest BCUT2D eigenvalue weighted by atomic mass is 79.9. The summed E-state index contributed by atoms with van der Waals surface area (Å²) in [6, 6.07) is 6.05. The molecule has 0 saturated heterocycles. The number of halogens is 1. The largest absolute Gasteiger partial charge is 0.497 e. The second-order valence-corrected chi connectivity index (χ2v) is 4.76. The fraction of sp³-hybridized carbons (Fsp3) is 0.500. The fourth-order valence-electron chi connectivity index (χ4n) is 1.36. The lowest BCUT2D eigenvalue weighted by molar-refractivity contribution is 0.154. The van der Waals surface area contributed by atoms with Crippen LogP contribution in [0.5, 0.6) is 5.75 Å². The molecule has 4 heteroatoms. The molecule has 0 spiro atoms. The van der Waals surface area contributed by atoms with Gasteiger partial charge in [0.15, 0.2) is 0 Å². The quantitative estimate of drug-likeness (QED) is 0.902. The molecule has 1 aromatic rings. The van der Waals surface area contributed by atoms with Gasteiger partial charge in [0.25, 0.3) is 0 Å². The van der Waals surface area contributed by atoms with Gasteiger partial charge in [0, 0.05) is 17.1 Å². The minimum Gasteiger partial charge on any atom is -0.497 e. The first-order chi connectivity index (χ1) is 7.58. The lowest BCUT2D eigenvalue weighted by Gasteiger charge is -2.23. The monoisotopic (exact) mass is 287 g/mol. The maximum Gasteiger partial charge on any atom is 0.119 e. The van der Waals surface area contributed by atoms with Crippen LogP contribution >= 0.6 is 15.9 Å². The summed E-state index contributed by atoms with van der Waals surface area (Å²) >= 11 is 3.51. The van der Waals surface area contributed by atoms with Crippen molar-refractivity contribution in [1.29, 1.82) is 0 Å². The highest BCUT2D eigenvalue weighted by Gasteiger charge is 2.10. The van der Waals surface area contributed by atoms with Crippen LogP contribution in [0.15, 0.2) is 22.7 Å². The van der Waals surface area contributed by atoms with Crippen molar-refractivity contribution in [3.05, 3.63) is 28.2 Å². The molecular weight excluding hydrogens is 270 g/mol. The number of nitrogens with zero attached hydrogens (tertiary/aromatic N) is 1. The van der Waals surface area contributed by atoms with Crippen LogP contribution in [0, 0.1) is 0 Å². The first-order valence-electron chi connectivity index (χ1n) is 5.22. The van der Waals surface area contributed by atoms with Crippen molar-refractivity contribution in [3.63, 3.8) is 0 Å². The van der Waals surface area contributed by atoms with Crippen molar-refractivity contribution in [2.45, 2.75) is 19.5 Å². The fourth-order valence-corrected chi connectivity index (χ4v) is 1.74. The molecule has 0 saturated carbocycles. The Morgan fingerprint density at radius 2 is 2.19 bits per heavy atom. The molecule has 0 aliphatic rings. The number of methoxy groups -OCH3 is 1. The van der Waals surface area contributed by atoms with Gasteiger partial charge in [-0.1, -0.05) is 15.9 Å². The summed E-state index contributed by atoms with van der Waals surface area (Å²) in [6.07, 6.45) is 0. The SMILES string of the molecule is COc1ccc(Br)c(CN(C)C(C)CO)c1. The molecule has 1 unspecified atom stereocenters. The third-order valence-electron chi connectivity index (χ3n) is 2.69. The predicted molar refractivity (Wildman–Crippen MR) is 68.7 cm³/mol. The molecule has 1 N–H and O–H groups in total. The van der Waals surface area contributed by atoms with Crippen LogP contribution < -0.4 is 4.74 Å². The van der Waals surface area contributed by atoms with Crippen molar-refractivity contribution in [1.82, 2.24) is 4.90 Å². The molecule has 1 atom stereocenters. The zero-order valence-electron chi connectivity index (χ0n) is 9.90. The van der Waals surface area contributed by atoms with Gasteiger partial charge in [-0.05, 0) is 37.7 Å². The number of rotatable bonds is 5. The molecular formula is C12H18BrNO2. The summed E-state index contributed by atoms with van der Waals surface area (Å²) in [7, 11) is 3.65. The van der Waals surface area contributed by atoms with E-state index in [0.717, 1.165) is 22.3 Å². The molecule has 0 aliphatic heterocycles. The van der Waals surface area contributed by atoms with Crippen LogP contribution in [-0.4, -0.2) is 36.8 Å². The number of ether oxygens (including phenoxy) is 1. The van der Waals surface area contributed by atoms with Gasteiger partial charge in [-0.3, -0.25) is 4.90 Å². The number of aliphatic hydroxyl groups excluding tert-OH is 1. The van der Waals surface area contributed by atoms with E-state index in [-0.39, 0.29) is 12.6 Å². The second kappa shape index (κ2) is 6.23. The highest BCUT2D eigenvalue weighted by Crippen LogP contribution is 2.23. The third-order valence-corrected chi connectivity index (χ3v) is 3.46. The Balaban J connectivity index is 2.79. The minimum absolute atomic E-state index is 0.151. The maximum atomic E-state index is 9.08. The van der Waals surface area contributed by atoms with Gasteiger partial charge in [-0.25, -0.2) is 0 Å². The van der Waals surface area contributed by atoms with Crippen molar-refractivity contribution < 1.29 is 9.84 Å². The summed E-state index contributed by atoms with van der Waals surface area (Å²) in [5.74, 6) is 0.850. The van der Waals surface area contributed by atoms with Crippen LogP contribution in [0.25, 0.3) is 0 Å². The van der Waals surface area contributed by atoms with E-state index in [9.17, 15) is 0 Å². The van der Waals surface area contributed by atoms with E-state index < -0.39 is 0 Å². The summed E-state index contributed by atoms with van der Waals surface area (Å²) in [6.45, 7) is 2.94. The molecule has 0 amide bonds. The molecule has 3 nitrogen and oxygen atoms in total. The molecule has 16 heavy (non-hydrogen) atoms. The van der Waals surface area contributed by atoms with E-state index in [1.165, 1.54) is 0 Å². The van der Waals surface area contributed by atoms with Gasteiger partial charge in [0.1, 0.15) is 5.75 Å². The Labute approximate surface area is 105 Å². The third kappa shape index (κ3) is 3.47.